The number of benzene rings is 2. The average Bonchev–Trinajstić information content (AvgIpc) is 2.38. The monoisotopic (exact) mass is 281 g/mol. The van der Waals surface area contributed by atoms with Crippen molar-refractivity contribution in [2.24, 2.45) is 0 Å². The van der Waals surface area contributed by atoms with Gasteiger partial charge in [0, 0.05) is 5.69 Å². The Kier molecular flexibility index (Phi) is 3.99. The van der Waals surface area contributed by atoms with E-state index in [1.54, 1.807) is 6.07 Å². The van der Waals surface area contributed by atoms with Gasteiger partial charge in [-0.3, -0.25) is 0 Å². The van der Waals surface area contributed by atoms with E-state index in [0.29, 0.717) is 5.69 Å². The second kappa shape index (κ2) is 5.54. The van der Waals surface area contributed by atoms with Crippen LogP contribution in [0.3, 0.4) is 0 Å². The first-order valence-corrected chi connectivity index (χ1v) is 6.05. The number of hydrogen-bond donors (Lipinski definition) is 2. The van der Waals surface area contributed by atoms with Gasteiger partial charge >= 0.3 is 0 Å². The third-order valence-corrected chi connectivity index (χ3v) is 3.08. The van der Waals surface area contributed by atoms with Gasteiger partial charge in [0.25, 0.3) is 0 Å². The summed E-state index contributed by atoms with van der Waals surface area (Å²) in [4.78, 5) is 0. The molecular weight excluding hydrogens is 267 g/mol. The third kappa shape index (κ3) is 2.77. The van der Waals surface area contributed by atoms with E-state index in [4.69, 9.17) is 0 Å². The van der Waals surface area contributed by atoms with Crippen LogP contribution in [0.15, 0.2) is 42.5 Å². The van der Waals surface area contributed by atoms with Crippen molar-refractivity contribution in [2.75, 3.05) is 11.9 Å². The first-order chi connectivity index (χ1) is 9.46. The summed E-state index contributed by atoms with van der Waals surface area (Å²) in [6.45, 7) is 0.890. The quantitative estimate of drug-likeness (QED) is 0.900. The van der Waals surface area contributed by atoms with Crippen LogP contribution in [-0.4, -0.2) is 11.7 Å². The maximum absolute atomic E-state index is 13.8. The van der Waals surface area contributed by atoms with Crippen LogP contribution in [-0.2, 0) is 5.54 Å². The van der Waals surface area contributed by atoms with Crippen LogP contribution in [0.1, 0.15) is 12.5 Å². The second-order valence-electron chi connectivity index (χ2n) is 4.72. The fourth-order valence-corrected chi connectivity index (χ4v) is 2.09. The summed E-state index contributed by atoms with van der Waals surface area (Å²) in [6.07, 6.45) is 0. The molecule has 2 aromatic carbocycles. The van der Waals surface area contributed by atoms with Crippen LogP contribution < -0.4 is 5.32 Å². The van der Waals surface area contributed by atoms with E-state index in [1.807, 2.05) is 0 Å². The molecule has 0 amide bonds. The normalized spacial score (nSPS) is 13.8. The largest absolute Gasteiger partial charge is 0.394 e. The van der Waals surface area contributed by atoms with E-state index in [2.05, 4.69) is 5.32 Å². The van der Waals surface area contributed by atoms with Crippen LogP contribution in [0.2, 0.25) is 0 Å². The summed E-state index contributed by atoms with van der Waals surface area (Å²) in [5.41, 5.74) is -1.36. The van der Waals surface area contributed by atoms with Crippen molar-refractivity contribution in [1.29, 1.82) is 0 Å². The fraction of sp³-hybridized carbons (Fsp3) is 0.200. The van der Waals surface area contributed by atoms with Gasteiger partial charge in [-0.25, -0.2) is 13.2 Å². The van der Waals surface area contributed by atoms with Crippen LogP contribution in [0.5, 0.6) is 0 Å². The van der Waals surface area contributed by atoms with Gasteiger partial charge in [0.2, 0.25) is 0 Å². The van der Waals surface area contributed by atoms with Crippen molar-refractivity contribution < 1.29 is 18.3 Å². The van der Waals surface area contributed by atoms with Crippen molar-refractivity contribution >= 4 is 5.69 Å². The lowest BCUT2D eigenvalue weighted by molar-refractivity contribution is 0.216. The summed E-state index contributed by atoms with van der Waals surface area (Å²) in [7, 11) is 0. The molecule has 0 aliphatic heterocycles. The standard InChI is InChI=1S/C15H14F3NO/c1-15(9-20,14-12(17)6-3-7-13(14)18)19-11-5-2-4-10(16)8-11/h2-8,19-20H,9H2,1H3. The molecule has 1 atom stereocenters. The Hall–Kier alpha value is -2.01. The Bertz CT molecular complexity index is 598. The molecule has 0 aliphatic rings. The highest BCUT2D eigenvalue weighted by molar-refractivity contribution is 5.48. The molecule has 2 aromatic rings. The van der Waals surface area contributed by atoms with Crippen LogP contribution in [0, 0.1) is 17.5 Å². The van der Waals surface area contributed by atoms with Crippen LogP contribution >= 0.6 is 0 Å². The second-order valence-corrected chi connectivity index (χ2v) is 4.72. The van der Waals surface area contributed by atoms with E-state index < -0.39 is 29.6 Å². The molecule has 0 aliphatic carbocycles. The molecule has 2 N–H and O–H groups in total. The van der Waals surface area contributed by atoms with Gasteiger partial charge in [0.05, 0.1) is 17.7 Å². The van der Waals surface area contributed by atoms with Gasteiger partial charge in [-0.05, 0) is 37.3 Å². The molecule has 5 heteroatoms. The Morgan fingerprint density at radius 1 is 1.05 bits per heavy atom. The minimum Gasteiger partial charge on any atom is -0.394 e. The lowest BCUT2D eigenvalue weighted by Crippen LogP contribution is -2.37. The number of hydrogen-bond acceptors (Lipinski definition) is 2. The highest BCUT2D eigenvalue weighted by atomic mass is 19.1. The third-order valence-electron chi connectivity index (χ3n) is 3.08. The molecular formula is C15H14F3NO. The summed E-state index contributed by atoms with van der Waals surface area (Å²) < 4.78 is 40.9. The molecule has 2 nitrogen and oxygen atoms in total. The number of halogens is 3. The van der Waals surface area contributed by atoms with Gasteiger partial charge in [-0.15, -0.1) is 0 Å². The van der Waals surface area contributed by atoms with Crippen LogP contribution in [0.4, 0.5) is 18.9 Å². The lowest BCUT2D eigenvalue weighted by atomic mass is 9.91. The number of aliphatic hydroxyl groups excluding tert-OH is 1. The molecule has 0 fully saturated rings. The summed E-state index contributed by atoms with van der Waals surface area (Å²) in [5.74, 6) is -2.03. The maximum atomic E-state index is 13.8. The van der Waals surface area contributed by atoms with E-state index in [-0.39, 0.29) is 5.56 Å². The predicted molar refractivity (Wildman–Crippen MR) is 70.8 cm³/mol. The fourth-order valence-electron chi connectivity index (χ4n) is 2.09. The lowest BCUT2D eigenvalue weighted by Gasteiger charge is -2.31. The van der Waals surface area contributed by atoms with E-state index in [0.717, 1.165) is 12.1 Å². The minimum absolute atomic E-state index is 0.285. The molecule has 2 rings (SSSR count). The molecule has 0 radical (unpaired) electrons. The Labute approximate surface area is 114 Å². The van der Waals surface area contributed by atoms with Gasteiger partial charge in [-0.2, -0.15) is 0 Å². The number of rotatable bonds is 4. The zero-order valence-electron chi connectivity index (χ0n) is 10.8. The SMILES string of the molecule is CC(CO)(Nc1cccc(F)c1)c1c(F)cccc1F. The number of nitrogens with one attached hydrogen (secondary N) is 1. The highest BCUT2D eigenvalue weighted by Gasteiger charge is 2.32. The minimum atomic E-state index is -1.40. The Morgan fingerprint density at radius 2 is 1.65 bits per heavy atom. The van der Waals surface area contributed by atoms with E-state index in [9.17, 15) is 18.3 Å². The van der Waals surface area contributed by atoms with Crippen molar-refractivity contribution in [2.45, 2.75) is 12.5 Å². The van der Waals surface area contributed by atoms with Gasteiger partial charge in [0.15, 0.2) is 0 Å². The number of aliphatic hydroxyl groups is 1. The maximum Gasteiger partial charge on any atom is 0.131 e. The predicted octanol–water partition coefficient (Wildman–Crippen LogP) is 3.42. The molecule has 106 valence electrons. The Balaban J connectivity index is 2.44. The molecule has 0 saturated heterocycles. The molecule has 0 heterocycles. The van der Waals surface area contributed by atoms with E-state index in [1.165, 1.54) is 31.2 Å². The van der Waals surface area contributed by atoms with Gasteiger partial charge in [-0.1, -0.05) is 12.1 Å². The molecule has 0 spiro atoms. The molecule has 1 unspecified atom stereocenters. The van der Waals surface area contributed by atoms with Crippen molar-refractivity contribution in [3.8, 4) is 0 Å². The average molecular weight is 281 g/mol. The molecule has 0 aromatic heterocycles. The Morgan fingerprint density at radius 3 is 2.20 bits per heavy atom. The summed E-state index contributed by atoms with van der Waals surface area (Å²) in [6, 6.07) is 8.92. The van der Waals surface area contributed by atoms with Crippen LogP contribution in [0.25, 0.3) is 0 Å². The highest BCUT2D eigenvalue weighted by Crippen LogP contribution is 2.30. The van der Waals surface area contributed by atoms with Gasteiger partial charge < -0.3 is 10.4 Å². The van der Waals surface area contributed by atoms with Crippen molar-refractivity contribution in [3.63, 3.8) is 0 Å². The smallest absolute Gasteiger partial charge is 0.131 e. The zero-order chi connectivity index (χ0) is 14.8. The van der Waals surface area contributed by atoms with Crippen molar-refractivity contribution in [3.05, 3.63) is 65.5 Å². The summed E-state index contributed by atoms with van der Waals surface area (Å²) in [5, 5.41) is 12.3. The van der Waals surface area contributed by atoms with Gasteiger partial charge in [0.1, 0.15) is 17.5 Å². The van der Waals surface area contributed by atoms with E-state index >= 15 is 0 Å². The molecule has 0 bridgehead atoms. The first kappa shape index (κ1) is 14.4. The zero-order valence-corrected chi connectivity index (χ0v) is 10.8. The molecule has 20 heavy (non-hydrogen) atoms. The molecule has 0 saturated carbocycles. The van der Waals surface area contributed by atoms with Crippen molar-refractivity contribution in [1.82, 2.24) is 0 Å². The summed E-state index contributed by atoms with van der Waals surface area (Å²) >= 11 is 0. The number of anilines is 1. The first-order valence-electron chi connectivity index (χ1n) is 6.05. The topological polar surface area (TPSA) is 32.3 Å².